The highest BCUT2D eigenvalue weighted by Crippen LogP contribution is 2.20. The van der Waals surface area contributed by atoms with E-state index in [0.717, 1.165) is 10.9 Å². The van der Waals surface area contributed by atoms with E-state index in [0.29, 0.717) is 18.7 Å². The van der Waals surface area contributed by atoms with Gasteiger partial charge >= 0.3 is 5.97 Å². The summed E-state index contributed by atoms with van der Waals surface area (Å²) in [5, 5.41) is 13.2. The quantitative estimate of drug-likeness (QED) is 0.705. The highest BCUT2D eigenvalue weighted by Gasteiger charge is 2.04. The molecule has 4 nitrogen and oxygen atoms in total. The molecule has 0 atom stereocenters. The van der Waals surface area contributed by atoms with Gasteiger partial charge in [0, 0.05) is 33.4 Å². The number of carboxylic acids is 1. The summed E-state index contributed by atoms with van der Waals surface area (Å²) >= 11 is 6.30. The summed E-state index contributed by atoms with van der Waals surface area (Å²) in [5.74, 6) is -0.105. The molecule has 0 radical (unpaired) electrons. The van der Waals surface area contributed by atoms with Crippen molar-refractivity contribution in [3.05, 3.63) is 20.8 Å². The Balaban J connectivity index is 2.05. The molecule has 1 heterocycles. The molecule has 0 saturated heterocycles. The summed E-state index contributed by atoms with van der Waals surface area (Å²) in [7, 11) is 0. The van der Waals surface area contributed by atoms with Crippen molar-refractivity contribution in [2.45, 2.75) is 12.8 Å². The molecule has 0 unspecified atom stereocenters. The van der Waals surface area contributed by atoms with E-state index < -0.39 is 5.97 Å². The van der Waals surface area contributed by atoms with Gasteiger partial charge in [0.05, 0.1) is 5.75 Å². The van der Waals surface area contributed by atoms with Crippen LogP contribution in [-0.2, 0) is 16.0 Å². The first-order valence-corrected chi connectivity index (χ1v) is 8.20. The minimum atomic E-state index is -0.824. The summed E-state index contributed by atoms with van der Waals surface area (Å²) in [6.07, 6.45) is 1.21. The van der Waals surface area contributed by atoms with Crippen LogP contribution in [0.2, 0.25) is 0 Å². The zero-order valence-electron chi connectivity index (χ0n) is 9.65. The van der Waals surface area contributed by atoms with Gasteiger partial charge in [0.25, 0.3) is 0 Å². The second-order valence-corrected chi connectivity index (χ2v) is 6.54. The summed E-state index contributed by atoms with van der Waals surface area (Å²) in [4.78, 5) is 22.9. The summed E-state index contributed by atoms with van der Waals surface area (Å²) < 4.78 is 1.05. The number of carbonyl (C=O) groups excluding carboxylic acids is 1. The van der Waals surface area contributed by atoms with E-state index in [1.165, 1.54) is 16.6 Å². The largest absolute Gasteiger partial charge is 0.481 e. The summed E-state index contributed by atoms with van der Waals surface area (Å²) in [6, 6.07) is 2.01. The van der Waals surface area contributed by atoms with Gasteiger partial charge in [-0.05, 0) is 28.4 Å². The standard InChI is InChI=1S/C11H14BrNO3S2/c12-8-5-9(18-6-8)1-2-10(14)13-3-4-17-7-11(15)16/h5-6H,1-4,7H2,(H,13,14)(H,15,16). The van der Waals surface area contributed by atoms with E-state index in [-0.39, 0.29) is 11.7 Å². The van der Waals surface area contributed by atoms with Crippen molar-refractivity contribution in [2.24, 2.45) is 0 Å². The van der Waals surface area contributed by atoms with Gasteiger partial charge in [0.2, 0.25) is 5.91 Å². The van der Waals surface area contributed by atoms with Gasteiger partial charge in [-0.1, -0.05) is 0 Å². The van der Waals surface area contributed by atoms with Crippen molar-refractivity contribution in [1.29, 1.82) is 0 Å². The second-order valence-electron chi connectivity index (χ2n) is 3.53. The lowest BCUT2D eigenvalue weighted by molar-refractivity contribution is -0.133. The zero-order chi connectivity index (χ0) is 13.4. The number of hydrogen-bond acceptors (Lipinski definition) is 4. The Morgan fingerprint density at radius 2 is 2.28 bits per heavy atom. The normalized spacial score (nSPS) is 10.3. The van der Waals surface area contributed by atoms with E-state index in [2.05, 4.69) is 21.2 Å². The molecule has 0 bridgehead atoms. The Labute approximate surface area is 122 Å². The number of halogens is 1. The average molecular weight is 352 g/mol. The summed E-state index contributed by atoms with van der Waals surface area (Å²) in [6.45, 7) is 0.519. The number of aliphatic carboxylic acids is 1. The number of thioether (sulfide) groups is 1. The number of rotatable bonds is 8. The van der Waals surface area contributed by atoms with Gasteiger partial charge in [-0.3, -0.25) is 9.59 Å². The first-order chi connectivity index (χ1) is 8.58. The van der Waals surface area contributed by atoms with Crippen molar-refractivity contribution in [3.8, 4) is 0 Å². The molecule has 0 aliphatic heterocycles. The smallest absolute Gasteiger partial charge is 0.313 e. The van der Waals surface area contributed by atoms with E-state index in [1.54, 1.807) is 11.3 Å². The van der Waals surface area contributed by atoms with Crippen LogP contribution in [0.25, 0.3) is 0 Å². The molecule has 100 valence electrons. The molecule has 1 aromatic heterocycles. The van der Waals surface area contributed by atoms with Crippen LogP contribution in [0, 0.1) is 0 Å². The van der Waals surface area contributed by atoms with Crippen LogP contribution in [0.15, 0.2) is 15.9 Å². The third-order valence-electron chi connectivity index (χ3n) is 2.01. The van der Waals surface area contributed by atoms with Crippen LogP contribution in [0.3, 0.4) is 0 Å². The van der Waals surface area contributed by atoms with Crippen LogP contribution in [0.4, 0.5) is 0 Å². The first-order valence-electron chi connectivity index (χ1n) is 5.37. The highest BCUT2D eigenvalue weighted by atomic mass is 79.9. The number of carbonyl (C=O) groups is 2. The van der Waals surface area contributed by atoms with Gasteiger partial charge in [0.1, 0.15) is 0 Å². The fourth-order valence-electron chi connectivity index (χ4n) is 1.23. The van der Waals surface area contributed by atoms with Gasteiger partial charge in [-0.15, -0.1) is 23.1 Å². The molecule has 1 rings (SSSR count). The number of nitrogens with one attached hydrogen (secondary N) is 1. The number of hydrogen-bond donors (Lipinski definition) is 2. The van der Waals surface area contributed by atoms with Gasteiger partial charge in [0.15, 0.2) is 0 Å². The SMILES string of the molecule is O=C(O)CSCCNC(=O)CCc1cc(Br)cs1. The van der Waals surface area contributed by atoms with Crippen molar-refractivity contribution >= 4 is 50.9 Å². The van der Waals surface area contributed by atoms with E-state index in [1.807, 2.05) is 11.4 Å². The fraction of sp³-hybridized carbons (Fsp3) is 0.455. The van der Waals surface area contributed by atoms with E-state index in [4.69, 9.17) is 5.11 Å². The average Bonchev–Trinajstić information content (AvgIpc) is 2.71. The van der Waals surface area contributed by atoms with Gasteiger partial charge in [-0.2, -0.15) is 0 Å². The Hall–Kier alpha value is -0.530. The van der Waals surface area contributed by atoms with Crippen LogP contribution in [-0.4, -0.2) is 35.0 Å². The monoisotopic (exact) mass is 351 g/mol. The maximum Gasteiger partial charge on any atom is 0.313 e. The maximum atomic E-state index is 11.5. The molecular formula is C11H14BrNO3S2. The number of amides is 1. The minimum absolute atomic E-state index is 0.00967. The Kier molecular flexibility index (Phi) is 7.38. The number of carboxylic acid groups (broad SMARTS) is 1. The fourth-order valence-corrected chi connectivity index (χ4v) is 3.25. The van der Waals surface area contributed by atoms with Crippen LogP contribution < -0.4 is 5.32 Å². The molecule has 0 aliphatic carbocycles. The van der Waals surface area contributed by atoms with E-state index in [9.17, 15) is 9.59 Å². The molecule has 0 aromatic carbocycles. The van der Waals surface area contributed by atoms with Crippen LogP contribution in [0.1, 0.15) is 11.3 Å². The third-order valence-corrected chi connectivity index (χ3v) is 4.72. The Morgan fingerprint density at radius 3 is 2.89 bits per heavy atom. The van der Waals surface area contributed by atoms with Crippen molar-refractivity contribution < 1.29 is 14.7 Å². The van der Waals surface area contributed by atoms with Crippen LogP contribution in [0.5, 0.6) is 0 Å². The predicted molar refractivity (Wildman–Crippen MR) is 78.3 cm³/mol. The zero-order valence-corrected chi connectivity index (χ0v) is 12.9. The Morgan fingerprint density at radius 1 is 1.50 bits per heavy atom. The lowest BCUT2D eigenvalue weighted by Crippen LogP contribution is -2.26. The Bertz CT molecular complexity index is 409. The molecule has 1 amide bonds. The minimum Gasteiger partial charge on any atom is -0.481 e. The first kappa shape index (κ1) is 15.5. The lowest BCUT2D eigenvalue weighted by atomic mass is 10.2. The second kappa shape index (κ2) is 8.55. The van der Waals surface area contributed by atoms with Crippen molar-refractivity contribution in [3.63, 3.8) is 0 Å². The highest BCUT2D eigenvalue weighted by molar-refractivity contribution is 9.10. The maximum absolute atomic E-state index is 11.5. The number of aryl methyl sites for hydroxylation is 1. The molecule has 1 aromatic rings. The molecule has 7 heteroatoms. The molecule has 0 saturated carbocycles. The molecule has 18 heavy (non-hydrogen) atoms. The number of thiophene rings is 1. The van der Waals surface area contributed by atoms with E-state index >= 15 is 0 Å². The van der Waals surface area contributed by atoms with Gasteiger partial charge < -0.3 is 10.4 Å². The van der Waals surface area contributed by atoms with Gasteiger partial charge in [-0.25, -0.2) is 0 Å². The molecule has 0 fully saturated rings. The molecule has 0 aliphatic rings. The van der Waals surface area contributed by atoms with Crippen molar-refractivity contribution in [1.82, 2.24) is 5.32 Å². The lowest BCUT2D eigenvalue weighted by Gasteiger charge is -2.03. The summed E-state index contributed by atoms with van der Waals surface area (Å²) in [5.41, 5.74) is 0. The van der Waals surface area contributed by atoms with Crippen LogP contribution >= 0.6 is 39.0 Å². The topological polar surface area (TPSA) is 66.4 Å². The van der Waals surface area contributed by atoms with Crippen molar-refractivity contribution in [2.75, 3.05) is 18.1 Å². The predicted octanol–water partition coefficient (Wildman–Crippen LogP) is 2.38. The third kappa shape index (κ3) is 7.03. The molecule has 0 spiro atoms. The molecule has 2 N–H and O–H groups in total. The molecular weight excluding hydrogens is 338 g/mol.